The summed E-state index contributed by atoms with van der Waals surface area (Å²) >= 11 is 0. The monoisotopic (exact) mass is 246 g/mol. The Morgan fingerprint density at radius 3 is 1.93 bits per heavy atom. The van der Waals surface area contributed by atoms with E-state index in [1.807, 2.05) is 0 Å². The summed E-state index contributed by atoms with van der Waals surface area (Å²) in [6, 6.07) is 0. The molecular weight excluding hydrogens is 240 g/mol. The van der Waals surface area contributed by atoms with Crippen molar-refractivity contribution in [2.45, 2.75) is 6.18 Å². The predicted octanol–water partition coefficient (Wildman–Crippen LogP) is -0.488. The summed E-state index contributed by atoms with van der Waals surface area (Å²) in [5.41, 5.74) is -1.27. The van der Waals surface area contributed by atoms with E-state index in [2.05, 4.69) is 11.3 Å². The van der Waals surface area contributed by atoms with Gasteiger partial charge in [0.25, 0.3) is 0 Å². The molecular formula is C5H6BF6KO. The van der Waals surface area contributed by atoms with Gasteiger partial charge in [-0.05, 0) is 0 Å². The molecule has 0 radical (unpaired) electrons. The third-order valence-electron chi connectivity index (χ3n) is 1.02. The summed E-state index contributed by atoms with van der Waals surface area (Å²) in [6.45, 7) is -5.58. The van der Waals surface area contributed by atoms with Crippen LogP contribution in [0.3, 0.4) is 0 Å². The maximum absolute atomic E-state index is 11.7. The van der Waals surface area contributed by atoms with Crippen molar-refractivity contribution in [3.63, 3.8) is 0 Å². The second kappa shape index (κ2) is 6.54. The smallest absolute Gasteiger partial charge is 0.445 e. The van der Waals surface area contributed by atoms with E-state index in [1.54, 1.807) is 0 Å². The molecule has 0 bridgehead atoms. The van der Waals surface area contributed by atoms with Crippen LogP contribution in [0.1, 0.15) is 0 Å². The Labute approximate surface area is 119 Å². The van der Waals surface area contributed by atoms with E-state index in [9.17, 15) is 26.1 Å². The molecule has 0 saturated carbocycles. The third-order valence-corrected chi connectivity index (χ3v) is 1.02. The molecule has 9 heteroatoms. The van der Waals surface area contributed by atoms with Gasteiger partial charge in [0, 0.05) is 6.61 Å². The fraction of sp³-hybridized carbons (Fsp3) is 0.600. The fourth-order valence-electron chi connectivity index (χ4n) is 0.392. The Morgan fingerprint density at radius 1 is 1.21 bits per heavy atom. The van der Waals surface area contributed by atoms with E-state index in [0.29, 0.717) is 0 Å². The van der Waals surface area contributed by atoms with Gasteiger partial charge >= 0.3 is 64.5 Å². The van der Waals surface area contributed by atoms with Crippen molar-refractivity contribution in [3.05, 3.63) is 12.1 Å². The van der Waals surface area contributed by atoms with Gasteiger partial charge < -0.3 is 17.7 Å². The van der Waals surface area contributed by atoms with E-state index >= 15 is 0 Å². The molecule has 0 heterocycles. The van der Waals surface area contributed by atoms with Crippen molar-refractivity contribution in [2.75, 3.05) is 13.2 Å². The molecule has 0 aliphatic rings. The van der Waals surface area contributed by atoms with Crippen LogP contribution in [0.15, 0.2) is 12.1 Å². The van der Waals surface area contributed by atoms with Crippen LogP contribution < -0.4 is 51.4 Å². The van der Waals surface area contributed by atoms with Crippen molar-refractivity contribution in [3.8, 4) is 0 Å². The first kappa shape index (κ1) is 17.4. The molecule has 0 aliphatic heterocycles. The Bertz CT molecular complexity index is 188. The number of halogens is 6. The molecule has 0 aromatic heterocycles. The maximum Gasteiger partial charge on any atom is 1.00 e. The van der Waals surface area contributed by atoms with E-state index in [0.717, 1.165) is 0 Å². The van der Waals surface area contributed by atoms with Gasteiger partial charge in [0.2, 0.25) is 0 Å². The van der Waals surface area contributed by atoms with E-state index in [1.165, 1.54) is 0 Å². The second-order valence-corrected chi connectivity index (χ2v) is 2.34. The van der Waals surface area contributed by atoms with Crippen LogP contribution in [-0.4, -0.2) is 26.4 Å². The minimum atomic E-state index is -5.31. The maximum atomic E-state index is 11.7. The quantitative estimate of drug-likeness (QED) is 0.480. The number of alkyl halides is 3. The SMILES string of the molecule is C=C(COCC(F)(F)F)[B-](F)(F)F.[K+]. The van der Waals surface area contributed by atoms with Crippen LogP contribution >= 0.6 is 0 Å². The molecule has 0 saturated heterocycles. The average molecular weight is 246 g/mol. The first-order chi connectivity index (χ1) is 5.63. The van der Waals surface area contributed by atoms with Crippen LogP contribution in [0, 0.1) is 0 Å². The van der Waals surface area contributed by atoms with Gasteiger partial charge in [-0.15, -0.1) is 12.1 Å². The molecule has 0 N–H and O–H groups in total. The summed E-state index contributed by atoms with van der Waals surface area (Å²) in [5, 5.41) is 0. The summed E-state index contributed by atoms with van der Waals surface area (Å²) in [4.78, 5) is 0. The van der Waals surface area contributed by atoms with Gasteiger partial charge in [0.1, 0.15) is 6.61 Å². The summed E-state index contributed by atoms with van der Waals surface area (Å²) in [7, 11) is 0. The zero-order valence-electron chi connectivity index (χ0n) is 7.37. The Morgan fingerprint density at radius 2 is 1.64 bits per heavy atom. The largest absolute Gasteiger partial charge is 1.00 e. The molecule has 0 rings (SSSR count). The first-order valence-corrected chi connectivity index (χ1v) is 3.15. The minimum Gasteiger partial charge on any atom is -0.445 e. The van der Waals surface area contributed by atoms with E-state index in [4.69, 9.17) is 0 Å². The molecule has 1 nitrogen and oxygen atoms in total. The molecule has 0 aromatic carbocycles. The van der Waals surface area contributed by atoms with E-state index < -0.39 is 31.8 Å². The molecule has 0 aromatic rings. The molecule has 78 valence electrons. The summed E-state index contributed by atoms with van der Waals surface area (Å²) in [6.07, 6.45) is -4.61. The Hall–Kier alpha value is 0.981. The summed E-state index contributed by atoms with van der Waals surface area (Å²) < 4.78 is 72.9. The molecule has 0 amide bonds. The molecule has 0 spiro atoms. The van der Waals surface area contributed by atoms with Crippen molar-refractivity contribution >= 4 is 6.98 Å². The van der Waals surface area contributed by atoms with E-state index in [-0.39, 0.29) is 51.4 Å². The Kier molecular flexibility index (Phi) is 8.12. The van der Waals surface area contributed by atoms with Gasteiger partial charge in [0.15, 0.2) is 0 Å². The molecule has 0 fully saturated rings. The van der Waals surface area contributed by atoms with Gasteiger partial charge in [-0.1, -0.05) is 0 Å². The van der Waals surface area contributed by atoms with Gasteiger partial charge in [-0.3, -0.25) is 0 Å². The zero-order valence-corrected chi connectivity index (χ0v) is 10.5. The number of hydrogen-bond acceptors (Lipinski definition) is 1. The van der Waals surface area contributed by atoms with Crippen molar-refractivity contribution in [1.82, 2.24) is 0 Å². The average Bonchev–Trinajstić information content (AvgIpc) is 1.82. The van der Waals surface area contributed by atoms with Crippen LogP contribution in [0.4, 0.5) is 26.1 Å². The fourth-order valence-corrected chi connectivity index (χ4v) is 0.392. The third kappa shape index (κ3) is 9.53. The van der Waals surface area contributed by atoms with Crippen LogP contribution in [0.5, 0.6) is 0 Å². The summed E-state index contributed by atoms with van der Waals surface area (Å²) in [5.74, 6) is 0. The Balaban J connectivity index is 0. The minimum absolute atomic E-state index is 0. The zero-order chi connectivity index (χ0) is 10.7. The van der Waals surface area contributed by atoms with Crippen LogP contribution in [-0.2, 0) is 4.74 Å². The van der Waals surface area contributed by atoms with Gasteiger partial charge in [-0.25, -0.2) is 0 Å². The van der Waals surface area contributed by atoms with Crippen molar-refractivity contribution in [2.24, 2.45) is 0 Å². The van der Waals surface area contributed by atoms with Crippen molar-refractivity contribution < 1.29 is 82.2 Å². The molecule has 14 heavy (non-hydrogen) atoms. The molecule has 0 unspecified atom stereocenters. The first-order valence-electron chi connectivity index (χ1n) is 3.15. The van der Waals surface area contributed by atoms with Crippen LogP contribution in [0.2, 0.25) is 0 Å². The predicted molar refractivity (Wildman–Crippen MR) is 35.1 cm³/mol. The van der Waals surface area contributed by atoms with Gasteiger partial charge in [-0.2, -0.15) is 13.2 Å². The van der Waals surface area contributed by atoms with Gasteiger partial charge in [0.05, 0.1) is 0 Å². The molecule has 0 aliphatic carbocycles. The topological polar surface area (TPSA) is 9.23 Å². The number of ether oxygens (including phenoxy) is 1. The van der Waals surface area contributed by atoms with Crippen molar-refractivity contribution in [1.29, 1.82) is 0 Å². The normalized spacial score (nSPS) is 12.1. The second-order valence-electron chi connectivity index (χ2n) is 2.34. The standard InChI is InChI=1S/C5H6BF6O.K/c1-4(6(10,11)12)2-13-3-5(7,8)9;/h1-3H2;/q-1;+1. The number of rotatable bonds is 4. The van der Waals surface area contributed by atoms with Crippen LogP contribution in [0.25, 0.3) is 0 Å². The molecule has 0 atom stereocenters. The number of hydrogen-bond donors (Lipinski definition) is 0.